The molecule has 136 valence electrons. The van der Waals surface area contributed by atoms with Gasteiger partial charge in [-0.3, -0.25) is 0 Å². The van der Waals surface area contributed by atoms with E-state index in [-0.39, 0.29) is 12.1 Å². The molecular formula is C17H24N4O4. The summed E-state index contributed by atoms with van der Waals surface area (Å²) in [4.78, 5) is 21.0. The first-order valence-electron chi connectivity index (χ1n) is 7.80. The summed E-state index contributed by atoms with van der Waals surface area (Å²) in [5.41, 5.74) is 0.842. The van der Waals surface area contributed by atoms with Crippen LogP contribution in [0.15, 0.2) is 24.5 Å². The third-order valence-corrected chi connectivity index (χ3v) is 3.82. The lowest BCUT2D eigenvalue weighted by atomic mass is 10.1. The zero-order valence-electron chi connectivity index (χ0n) is 15.1. The van der Waals surface area contributed by atoms with Crippen LogP contribution in [0.2, 0.25) is 0 Å². The number of H-pyrrole nitrogens is 1. The summed E-state index contributed by atoms with van der Waals surface area (Å²) in [5.74, 6) is 2.32. The largest absolute Gasteiger partial charge is 0.493 e. The predicted molar refractivity (Wildman–Crippen MR) is 93.1 cm³/mol. The van der Waals surface area contributed by atoms with Crippen LogP contribution in [-0.2, 0) is 6.54 Å². The molecule has 1 atom stereocenters. The van der Waals surface area contributed by atoms with Gasteiger partial charge in [-0.05, 0) is 24.6 Å². The lowest BCUT2D eigenvalue weighted by Crippen LogP contribution is -2.38. The number of carbonyl (C=O) groups is 1. The molecule has 8 heteroatoms. The van der Waals surface area contributed by atoms with Crippen molar-refractivity contribution in [2.75, 3.05) is 28.4 Å². The van der Waals surface area contributed by atoms with Gasteiger partial charge in [0.1, 0.15) is 5.82 Å². The average molecular weight is 348 g/mol. The lowest BCUT2D eigenvalue weighted by Gasteiger charge is -2.22. The minimum atomic E-state index is -0.250. The van der Waals surface area contributed by atoms with Gasteiger partial charge >= 0.3 is 6.03 Å². The second kappa shape index (κ2) is 8.27. The fourth-order valence-corrected chi connectivity index (χ4v) is 2.41. The quantitative estimate of drug-likeness (QED) is 0.802. The highest BCUT2D eigenvalue weighted by Crippen LogP contribution is 2.39. The molecule has 0 fully saturated rings. The number of hydrogen-bond acceptors (Lipinski definition) is 5. The molecule has 0 aliphatic heterocycles. The molecule has 1 heterocycles. The summed E-state index contributed by atoms with van der Waals surface area (Å²) < 4.78 is 16.0. The number of aromatic amines is 1. The summed E-state index contributed by atoms with van der Waals surface area (Å²) in [6.45, 7) is 2.28. The minimum Gasteiger partial charge on any atom is -0.493 e. The van der Waals surface area contributed by atoms with Crippen molar-refractivity contribution in [3.8, 4) is 17.2 Å². The standard InChI is InChI=1S/C17H24N4O4/c1-11(20-17(22)21(2)10-15-18-6-7-19-15)12-8-13(23-3)16(25-5)14(9-12)24-4/h6-9,11H,10H2,1-5H3,(H,18,19)(H,20,22)/t11-/m1/s1. The van der Waals surface area contributed by atoms with Crippen LogP contribution in [-0.4, -0.2) is 49.3 Å². The summed E-state index contributed by atoms with van der Waals surface area (Å²) in [7, 11) is 6.37. The topological polar surface area (TPSA) is 88.7 Å². The number of hydrogen-bond donors (Lipinski definition) is 2. The number of nitrogens with one attached hydrogen (secondary N) is 2. The van der Waals surface area contributed by atoms with Crippen LogP contribution < -0.4 is 19.5 Å². The van der Waals surface area contributed by atoms with E-state index in [0.717, 1.165) is 11.4 Å². The van der Waals surface area contributed by atoms with Crippen LogP contribution in [0.5, 0.6) is 17.2 Å². The molecule has 0 unspecified atom stereocenters. The Labute approximate surface area is 147 Å². The molecule has 0 radical (unpaired) electrons. The van der Waals surface area contributed by atoms with Gasteiger partial charge in [0.2, 0.25) is 5.75 Å². The minimum absolute atomic E-state index is 0.211. The number of aromatic nitrogens is 2. The average Bonchev–Trinajstić information content (AvgIpc) is 3.12. The van der Waals surface area contributed by atoms with E-state index in [1.165, 1.54) is 0 Å². The number of methoxy groups -OCH3 is 3. The second-order valence-electron chi connectivity index (χ2n) is 5.52. The molecule has 0 aliphatic rings. The number of benzene rings is 1. The first kappa shape index (κ1) is 18.4. The maximum Gasteiger partial charge on any atom is 0.318 e. The highest BCUT2D eigenvalue weighted by atomic mass is 16.5. The van der Waals surface area contributed by atoms with Crippen LogP contribution in [0.25, 0.3) is 0 Å². The van der Waals surface area contributed by atoms with Crippen molar-refractivity contribution >= 4 is 6.03 Å². The fourth-order valence-electron chi connectivity index (χ4n) is 2.41. The number of nitrogens with zero attached hydrogens (tertiary/aromatic N) is 2. The summed E-state index contributed by atoms with van der Waals surface area (Å²) in [6, 6.07) is 3.18. The van der Waals surface area contributed by atoms with E-state index in [0.29, 0.717) is 23.8 Å². The Morgan fingerprint density at radius 1 is 1.24 bits per heavy atom. The molecule has 0 aliphatic carbocycles. The van der Waals surface area contributed by atoms with Gasteiger partial charge in [-0.25, -0.2) is 9.78 Å². The Hall–Kier alpha value is -2.90. The summed E-state index contributed by atoms with van der Waals surface area (Å²) in [5, 5.41) is 2.94. The third kappa shape index (κ3) is 4.34. The molecular weight excluding hydrogens is 324 g/mol. The number of imidazole rings is 1. The highest BCUT2D eigenvalue weighted by molar-refractivity contribution is 5.74. The Balaban J connectivity index is 2.11. The zero-order chi connectivity index (χ0) is 18.4. The normalized spacial score (nSPS) is 11.6. The van der Waals surface area contributed by atoms with Crippen molar-refractivity contribution in [1.82, 2.24) is 20.2 Å². The van der Waals surface area contributed by atoms with E-state index in [4.69, 9.17) is 14.2 Å². The molecule has 0 bridgehead atoms. The van der Waals surface area contributed by atoms with Crippen LogP contribution in [0, 0.1) is 0 Å². The molecule has 2 N–H and O–H groups in total. The van der Waals surface area contributed by atoms with Crippen LogP contribution in [0.4, 0.5) is 4.79 Å². The number of carbonyl (C=O) groups excluding carboxylic acids is 1. The predicted octanol–water partition coefficient (Wildman–Crippen LogP) is 2.34. The van der Waals surface area contributed by atoms with Gasteiger partial charge in [0.25, 0.3) is 0 Å². The Bertz CT molecular complexity index is 678. The molecule has 25 heavy (non-hydrogen) atoms. The maximum atomic E-state index is 12.4. The van der Waals surface area contributed by atoms with Crippen molar-refractivity contribution in [2.45, 2.75) is 19.5 Å². The Kier molecular flexibility index (Phi) is 6.10. The number of urea groups is 1. The van der Waals surface area contributed by atoms with Crippen LogP contribution >= 0.6 is 0 Å². The van der Waals surface area contributed by atoms with E-state index in [9.17, 15) is 4.79 Å². The Morgan fingerprint density at radius 2 is 1.88 bits per heavy atom. The van der Waals surface area contributed by atoms with E-state index in [2.05, 4.69) is 15.3 Å². The Morgan fingerprint density at radius 3 is 2.36 bits per heavy atom. The van der Waals surface area contributed by atoms with Gasteiger partial charge in [0.15, 0.2) is 11.5 Å². The molecule has 2 rings (SSSR count). The van der Waals surface area contributed by atoms with Gasteiger partial charge in [-0.1, -0.05) is 0 Å². The molecule has 0 saturated heterocycles. The third-order valence-electron chi connectivity index (χ3n) is 3.82. The van der Waals surface area contributed by atoms with Crippen molar-refractivity contribution in [1.29, 1.82) is 0 Å². The smallest absolute Gasteiger partial charge is 0.318 e. The van der Waals surface area contributed by atoms with Gasteiger partial charge in [-0.15, -0.1) is 0 Å². The first-order valence-corrected chi connectivity index (χ1v) is 7.80. The first-order chi connectivity index (χ1) is 12.0. The zero-order valence-corrected chi connectivity index (χ0v) is 15.1. The van der Waals surface area contributed by atoms with Crippen molar-refractivity contribution < 1.29 is 19.0 Å². The van der Waals surface area contributed by atoms with Gasteiger partial charge in [0, 0.05) is 19.4 Å². The molecule has 8 nitrogen and oxygen atoms in total. The van der Waals surface area contributed by atoms with Crippen molar-refractivity contribution in [2.24, 2.45) is 0 Å². The highest BCUT2D eigenvalue weighted by Gasteiger charge is 2.19. The van der Waals surface area contributed by atoms with Crippen molar-refractivity contribution in [3.05, 3.63) is 35.9 Å². The van der Waals surface area contributed by atoms with E-state index >= 15 is 0 Å². The molecule has 2 aromatic rings. The SMILES string of the molecule is COc1cc([C@@H](C)NC(=O)N(C)Cc2ncc[nH]2)cc(OC)c1OC. The second-order valence-corrected chi connectivity index (χ2v) is 5.52. The summed E-state index contributed by atoms with van der Waals surface area (Å²) >= 11 is 0. The van der Waals surface area contributed by atoms with Gasteiger partial charge < -0.3 is 29.4 Å². The summed E-state index contributed by atoms with van der Waals surface area (Å²) in [6.07, 6.45) is 3.37. The molecule has 1 aromatic carbocycles. The molecule has 0 spiro atoms. The molecule has 1 aromatic heterocycles. The fraction of sp³-hybridized carbons (Fsp3) is 0.412. The van der Waals surface area contributed by atoms with E-state index < -0.39 is 0 Å². The van der Waals surface area contributed by atoms with Crippen LogP contribution in [0.1, 0.15) is 24.4 Å². The number of amides is 2. The molecule has 2 amide bonds. The number of ether oxygens (including phenoxy) is 3. The van der Waals surface area contributed by atoms with Gasteiger partial charge in [0.05, 0.1) is 33.9 Å². The lowest BCUT2D eigenvalue weighted by molar-refractivity contribution is 0.202. The molecule has 0 saturated carbocycles. The van der Waals surface area contributed by atoms with Crippen LogP contribution in [0.3, 0.4) is 0 Å². The van der Waals surface area contributed by atoms with E-state index in [1.807, 2.05) is 19.1 Å². The van der Waals surface area contributed by atoms with Crippen molar-refractivity contribution in [3.63, 3.8) is 0 Å². The van der Waals surface area contributed by atoms with E-state index in [1.54, 1.807) is 45.7 Å². The monoisotopic (exact) mass is 348 g/mol. The number of rotatable bonds is 7. The van der Waals surface area contributed by atoms with Gasteiger partial charge in [-0.2, -0.15) is 0 Å². The maximum absolute atomic E-state index is 12.4.